The van der Waals surface area contributed by atoms with Crippen LogP contribution in [0.1, 0.15) is 54.4 Å². The van der Waals surface area contributed by atoms with Crippen LogP contribution in [-0.4, -0.2) is 46.8 Å². The molecule has 4 N–H and O–H groups in total. The fraction of sp³-hybridized carbons (Fsp3) is 0.227. The summed E-state index contributed by atoms with van der Waals surface area (Å²) in [6.07, 6.45) is 1.57. The Bertz CT molecular complexity index is 1240. The molecule has 1 aliphatic carbocycles. The van der Waals surface area contributed by atoms with Crippen molar-refractivity contribution in [1.82, 2.24) is 10.6 Å². The molecule has 0 atom stereocenters. The fourth-order valence-electron chi connectivity index (χ4n) is 4.23. The Hall–Kier alpha value is -3.23. The van der Waals surface area contributed by atoms with Crippen molar-refractivity contribution in [2.75, 3.05) is 13.1 Å². The van der Waals surface area contributed by atoms with Crippen LogP contribution in [0.4, 0.5) is 0 Å². The molecule has 152 valence electrons. The van der Waals surface area contributed by atoms with Crippen LogP contribution in [0, 0.1) is 0 Å². The van der Waals surface area contributed by atoms with Gasteiger partial charge in [-0.2, -0.15) is 0 Å². The minimum atomic E-state index is -0.630. The van der Waals surface area contributed by atoms with Crippen molar-refractivity contribution in [1.29, 1.82) is 0 Å². The van der Waals surface area contributed by atoms with Gasteiger partial charge in [-0.05, 0) is 25.9 Å². The minimum absolute atomic E-state index is 0.00243. The number of thiophene rings is 1. The number of fused-ring (bicyclic) bond motifs is 3. The summed E-state index contributed by atoms with van der Waals surface area (Å²) >= 11 is 1.00. The van der Waals surface area contributed by atoms with E-state index in [9.17, 15) is 24.6 Å². The van der Waals surface area contributed by atoms with Gasteiger partial charge in [-0.1, -0.05) is 24.3 Å². The van der Waals surface area contributed by atoms with Gasteiger partial charge >= 0.3 is 0 Å². The van der Waals surface area contributed by atoms with Crippen LogP contribution in [0.15, 0.2) is 29.6 Å². The molecule has 0 bridgehead atoms. The molecule has 0 unspecified atom stereocenters. The van der Waals surface area contributed by atoms with Crippen LogP contribution < -0.4 is 10.6 Å². The largest absolute Gasteiger partial charge is 0.506 e. The predicted octanol–water partition coefficient (Wildman–Crippen LogP) is 2.57. The molecule has 5 rings (SSSR count). The number of phenols is 2. The van der Waals surface area contributed by atoms with Crippen LogP contribution in [0.2, 0.25) is 0 Å². The number of hydrogen-bond donors (Lipinski definition) is 4. The molecule has 0 spiro atoms. The van der Waals surface area contributed by atoms with Crippen molar-refractivity contribution in [3.63, 3.8) is 0 Å². The zero-order chi connectivity index (χ0) is 21.0. The van der Waals surface area contributed by atoms with Crippen molar-refractivity contribution in [2.24, 2.45) is 0 Å². The van der Waals surface area contributed by atoms with Crippen LogP contribution in [0.5, 0.6) is 11.5 Å². The average molecular weight is 422 g/mol. The number of piperidine rings is 1. The first kappa shape index (κ1) is 18.8. The molecule has 1 amide bonds. The van der Waals surface area contributed by atoms with E-state index < -0.39 is 17.5 Å². The van der Waals surface area contributed by atoms with E-state index in [1.54, 1.807) is 24.3 Å². The number of carbonyl (C=O) groups is 3. The van der Waals surface area contributed by atoms with E-state index >= 15 is 0 Å². The molecule has 1 fully saturated rings. The summed E-state index contributed by atoms with van der Waals surface area (Å²) in [6, 6.07) is 6.47. The third kappa shape index (κ3) is 2.64. The number of nitrogens with one attached hydrogen (secondary N) is 2. The molecule has 7 nitrogen and oxygen atoms in total. The maximum Gasteiger partial charge on any atom is 0.253 e. The van der Waals surface area contributed by atoms with Crippen LogP contribution in [0.25, 0.3) is 10.8 Å². The normalized spacial score (nSPS) is 16.4. The lowest BCUT2D eigenvalue weighted by Crippen LogP contribution is -2.43. The zero-order valence-corrected chi connectivity index (χ0v) is 16.6. The molecule has 0 saturated carbocycles. The van der Waals surface area contributed by atoms with Gasteiger partial charge in [-0.25, -0.2) is 0 Å². The first-order valence-corrected chi connectivity index (χ1v) is 10.6. The Labute approximate surface area is 175 Å². The molecule has 2 heterocycles. The van der Waals surface area contributed by atoms with Gasteiger partial charge in [0.25, 0.3) is 5.91 Å². The topological polar surface area (TPSA) is 116 Å². The quantitative estimate of drug-likeness (QED) is 0.369. The van der Waals surface area contributed by atoms with Crippen molar-refractivity contribution in [3.05, 3.63) is 56.8 Å². The summed E-state index contributed by atoms with van der Waals surface area (Å²) in [5, 5.41) is 29.7. The molecular weight excluding hydrogens is 404 g/mol. The van der Waals surface area contributed by atoms with E-state index in [0.717, 1.165) is 37.3 Å². The van der Waals surface area contributed by atoms with E-state index in [4.69, 9.17) is 0 Å². The molecule has 2 aliphatic rings. The van der Waals surface area contributed by atoms with Gasteiger partial charge in [-0.3, -0.25) is 14.4 Å². The molecule has 1 aliphatic heterocycles. The Kier molecular flexibility index (Phi) is 4.34. The second kappa shape index (κ2) is 6.93. The average Bonchev–Trinajstić information content (AvgIpc) is 3.21. The molecular formula is C22H18N2O5S. The van der Waals surface area contributed by atoms with Crippen molar-refractivity contribution >= 4 is 39.6 Å². The van der Waals surface area contributed by atoms with E-state index in [0.29, 0.717) is 5.39 Å². The summed E-state index contributed by atoms with van der Waals surface area (Å²) in [6.45, 7) is 1.61. The molecule has 30 heavy (non-hydrogen) atoms. The highest BCUT2D eigenvalue weighted by Crippen LogP contribution is 2.45. The summed E-state index contributed by atoms with van der Waals surface area (Å²) in [4.78, 5) is 39.5. The second-order valence-electron chi connectivity index (χ2n) is 7.50. The highest BCUT2D eigenvalue weighted by Gasteiger charge is 2.40. The fourth-order valence-corrected chi connectivity index (χ4v) is 5.22. The number of carbonyl (C=O) groups excluding carboxylic acids is 3. The SMILES string of the molecule is O=C(NC1CCNCC1)c1csc2c1C(=O)c1c(c(O)c3ccccc3c1O)C2=O. The van der Waals surface area contributed by atoms with Gasteiger partial charge in [-0.15, -0.1) is 11.3 Å². The van der Waals surface area contributed by atoms with Crippen LogP contribution >= 0.6 is 11.3 Å². The Morgan fingerprint density at radius 1 is 0.967 bits per heavy atom. The van der Waals surface area contributed by atoms with Crippen molar-refractivity contribution in [3.8, 4) is 11.5 Å². The van der Waals surface area contributed by atoms with Crippen LogP contribution in [-0.2, 0) is 0 Å². The first-order valence-electron chi connectivity index (χ1n) is 9.68. The molecule has 1 saturated heterocycles. The number of hydrogen-bond acceptors (Lipinski definition) is 7. The van der Waals surface area contributed by atoms with E-state index in [1.165, 1.54) is 5.38 Å². The first-order chi connectivity index (χ1) is 14.5. The highest BCUT2D eigenvalue weighted by molar-refractivity contribution is 7.13. The smallest absolute Gasteiger partial charge is 0.253 e. The predicted molar refractivity (Wildman–Crippen MR) is 112 cm³/mol. The lowest BCUT2D eigenvalue weighted by molar-refractivity contribution is 0.0918. The Morgan fingerprint density at radius 2 is 1.57 bits per heavy atom. The maximum absolute atomic E-state index is 13.3. The molecule has 0 radical (unpaired) electrons. The van der Waals surface area contributed by atoms with Crippen molar-refractivity contribution in [2.45, 2.75) is 18.9 Å². The van der Waals surface area contributed by atoms with E-state index in [-0.39, 0.29) is 50.1 Å². The Morgan fingerprint density at radius 3 is 2.20 bits per heavy atom. The number of phenolic OH excluding ortho intramolecular Hbond substituents is 2. The molecule has 3 aromatic rings. The summed E-state index contributed by atoms with van der Waals surface area (Å²) < 4.78 is 0. The zero-order valence-electron chi connectivity index (χ0n) is 15.8. The third-order valence-corrected chi connectivity index (χ3v) is 6.74. The number of rotatable bonds is 2. The van der Waals surface area contributed by atoms with E-state index in [1.807, 2.05) is 0 Å². The standard InChI is InChI=1S/C22H18N2O5S/c25-17-11-3-1-2-4-12(11)18(26)16-15(17)19(27)14-13(9-30-21(14)20(16)28)22(29)24-10-5-7-23-8-6-10/h1-4,9-10,23,25-26H,5-8H2,(H,24,29). The summed E-state index contributed by atoms with van der Waals surface area (Å²) in [5.74, 6) is -2.30. The lowest BCUT2D eigenvalue weighted by Gasteiger charge is -2.24. The maximum atomic E-state index is 13.3. The molecule has 2 aromatic carbocycles. The van der Waals surface area contributed by atoms with Gasteiger partial charge in [0.05, 0.1) is 27.1 Å². The van der Waals surface area contributed by atoms with Crippen molar-refractivity contribution < 1.29 is 24.6 Å². The monoisotopic (exact) mass is 422 g/mol. The van der Waals surface area contributed by atoms with Gasteiger partial charge < -0.3 is 20.8 Å². The third-order valence-electron chi connectivity index (χ3n) is 5.76. The highest BCUT2D eigenvalue weighted by atomic mass is 32.1. The number of amides is 1. The van der Waals surface area contributed by atoms with Gasteiger partial charge in [0.2, 0.25) is 5.78 Å². The van der Waals surface area contributed by atoms with E-state index in [2.05, 4.69) is 10.6 Å². The van der Waals surface area contributed by atoms with Gasteiger partial charge in [0, 0.05) is 22.2 Å². The Balaban J connectivity index is 1.62. The number of aromatic hydroxyl groups is 2. The number of benzene rings is 2. The summed E-state index contributed by atoms with van der Waals surface area (Å²) in [7, 11) is 0. The minimum Gasteiger partial charge on any atom is -0.506 e. The molecule has 1 aromatic heterocycles. The van der Waals surface area contributed by atoms with Gasteiger partial charge in [0.15, 0.2) is 5.78 Å². The second-order valence-corrected chi connectivity index (χ2v) is 8.38. The van der Waals surface area contributed by atoms with Crippen LogP contribution in [0.3, 0.4) is 0 Å². The summed E-state index contributed by atoms with van der Waals surface area (Å²) in [5.41, 5.74) is -0.340. The number of ketones is 2. The van der Waals surface area contributed by atoms with Gasteiger partial charge in [0.1, 0.15) is 11.5 Å². The lowest BCUT2D eigenvalue weighted by atomic mass is 9.83. The molecule has 8 heteroatoms.